The molecule has 1 saturated heterocycles. The van der Waals surface area contributed by atoms with Crippen molar-refractivity contribution in [1.82, 2.24) is 0 Å². The van der Waals surface area contributed by atoms with Gasteiger partial charge < -0.3 is 9.47 Å². The molecule has 1 aliphatic rings. The smallest absolute Gasteiger partial charge is 0.321 e. The average molecular weight is 221 g/mol. The summed E-state index contributed by atoms with van der Waals surface area (Å²) in [6.45, 7) is 3.89. The molecular weight excluding hydrogens is 208 g/mol. The van der Waals surface area contributed by atoms with Crippen molar-refractivity contribution in [3.63, 3.8) is 0 Å². The van der Waals surface area contributed by atoms with Gasteiger partial charge in [0.25, 0.3) is 0 Å². The molecule has 1 fully saturated rings. The van der Waals surface area contributed by atoms with Gasteiger partial charge in [0.1, 0.15) is 18.6 Å². The van der Waals surface area contributed by atoms with Crippen molar-refractivity contribution in [1.29, 1.82) is 0 Å². The van der Waals surface area contributed by atoms with Gasteiger partial charge >= 0.3 is 11.9 Å². The van der Waals surface area contributed by atoms with E-state index in [2.05, 4.69) is 0 Å². The standard InChI is InChI=1S/C9H13ClO4/c1-9(2)3-7(11)14-6(9)5-13-8(12)4-10/h6H,3-5H2,1-2H3. The molecule has 4 nitrogen and oxygen atoms in total. The van der Waals surface area contributed by atoms with Gasteiger partial charge in [0.05, 0.1) is 6.42 Å². The van der Waals surface area contributed by atoms with Gasteiger partial charge in [0.2, 0.25) is 0 Å². The van der Waals surface area contributed by atoms with E-state index < -0.39 is 5.97 Å². The van der Waals surface area contributed by atoms with Gasteiger partial charge in [0, 0.05) is 5.41 Å². The monoisotopic (exact) mass is 220 g/mol. The number of esters is 2. The highest BCUT2D eigenvalue weighted by Crippen LogP contribution is 2.34. The van der Waals surface area contributed by atoms with Gasteiger partial charge in [0.15, 0.2) is 0 Å². The van der Waals surface area contributed by atoms with Crippen molar-refractivity contribution in [3.05, 3.63) is 0 Å². The molecular formula is C9H13ClO4. The van der Waals surface area contributed by atoms with Crippen molar-refractivity contribution in [2.75, 3.05) is 12.5 Å². The summed E-state index contributed by atoms with van der Waals surface area (Å²) in [5.74, 6) is -0.923. The average Bonchev–Trinajstić information content (AvgIpc) is 2.35. The number of rotatable bonds is 3. The SMILES string of the molecule is CC1(C)CC(=O)OC1COC(=O)CCl. The third-order valence-corrected chi connectivity index (χ3v) is 2.47. The van der Waals surface area contributed by atoms with Crippen LogP contribution in [0.4, 0.5) is 0 Å². The zero-order valence-electron chi connectivity index (χ0n) is 8.21. The normalized spacial score (nSPS) is 24.5. The fourth-order valence-corrected chi connectivity index (χ4v) is 1.39. The van der Waals surface area contributed by atoms with Crippen molar-refractivity contribution < 1.29 is 19.1 Å². The Kier molecular flexibility index (Phi) is 3.37. The zero-order chi connectivity index (χ0) is 10.8. The molecule has 14 heavy (non-hydrogen) atoms. The first-order chi connectivity index (χ1) is 6.45. The Labute approximate surface area is 87.5 Å². The maximum atomic E-state index is 11.0. The van der Waals surface area contributed by atoms with Gasteiger partial charge in [-0.3, -0.25) is 9.59 Å². The summed E-state index contributed by atoms with van der Waals surface area (Å²) < 4.78 is 9.82. The summed E-state index contributed by atoms with van der Waals surface area (Å²) >= 11 is 5.25. The van der Waals surface area contributed by atoms with E-state index >= 15 is 0 Å². The zero-order valence-corrected chi connectivity index (χ0v) is 8.97. The first-order valence-corrected chi connectivity index (χ1v) is 4.90. The number of cyclic esters (lactones) is 1. The van der Waals surface area contributed by atoms with Crippen LogP contribution in [0.1, 0.15) is 20.3 Å². The summed E-state index contributed by atoms with van der Waals surface area (Å²) in [4.78, 5) is 21.8. The molecule has 0 saturated carbocycles. The highest BCUT2D eigenvalue weighted by atomic mass is 35.5. The van der Waals surface area contributed by atoms with E-state index in [4.69, 9.17) is 21.1 Å². The van der Waals surface area contributed by atoms with E-state index in [1.165, 1.54) is 0 Å². The molecule has 0 aromatic heterocycles. The van der Waals surface area contributed by atoms with Crippen LogP contribution in [-0.4, -0.2) is 30.5 Å². The molecule has 1 aliphatic heterocycles. The second kappa shape index (κ2) is 4.17. The Hall–Kier alpha value is -0.770. The van der Waals surface area contributed by atoms with Crippen molar-refractivity contribution in [2.24, 2.45) is 5.41 Å². The Morgan fingerprint density at radius 2 is 2.36 bits per heavy atom. The Bertz CT molecular complexity index is 249. The number of carbonyl (C=O) groups excluding carboxylic acids is 2. The number of alkyl halides is 1. The largest absolute Gasteiger partial charge is 0.461 e. The second-order valence-corrected chi connectivity index (χ2v) is 4.23. The van der Waals surface area contributed by atoms with E-state index in [9.17, 15) is 9.59 Å². The molecule has 0 amide bonds. The molecule has 1 rings (SSSR count). The lowest BCUT2D eigenvalue weighted by atomic mass is 9.86. The van der Waals surface area contributed by atoms with Crippen LogP contribution in [0, 0.1) is 5.41 Å². The van der Waals surface area contributed by atoms with Gasteiger partial charge in [-0.25, -0.2) is 0 Å². The fourth-order valence-electron chi connectivity index (χ4n) is 1.31. The summed E-state index contributed by atoms with van der Waals surface area (Å²) in [7, 11) is 0. The van der Waals surface area contributed by atoms with E-state index in [1.54, 1.807) is 0 Å². The van der Waals surface area contributed by atoms with Crippen LogP contribution < -0.4 is 0 Å². The lowest BCUT2D eigenvalue weighted by Gasteiger charge is -2.22. The summed E-state index contributed by atoms with van der Waals surface area (Å²) in [5.41, 5.74) is -0.274. The molecule has 1 atom stereocenters. The molecule has 0 N–H and O–H groups in total. The molecule has 5 heteroatoms. The molecule has 1 unspecified atom stereocenters. The van der Waals surface area contributed by atoms with E-state index in [0.29, 0.717) is 6.42 Å². The fraction of sp³-hybridized carbons (Fsp3) is 0.778. The molecule has 80 valence electrons. The highest BCUT2D eigenvalue weighted by Gasteiger charge is 2.42. The third kappa shape index (κ3) is 2.61. The molecule has 0 aromatic carbocycles. The number of ether oxygens (including phenoxy) is 2. The minimum Gasteiger partial charge on any atom is -0.461 e. The summed E-state index contributed by atoms with van der Waals surface area (Å²) in [5, 5.41) is 0. The second-order valence-electron chi connectivity index (χ2n) is 3.96. The van der Waals surface area contributed by atoms with Crippen LogP contribution in [0.25, 0.3) is 0 Å². The minimum atomic E-state index is -0.495. The lowest BCUT2D eigenvalue weighted by Crippen LogP contribution is -2.30. The Morgan fingerprint density at radius 1 is 1.71 bits per heavy atom. The highest BCUT2D eigenvalue weighted by molar-refractivity contribution is 6.26. The van der Waals surface area contributed by atoms with Crippen LogP contribution in [-0.2, 0) is 19.1 Å². The number of hydrogen-bond acceptors (Lipinski definition) is 4. The molecule has 0 spiro atoms. The van der Waals surface area contributed by atoms with Crippen LogP contribution in [0.15, 0.2) is 0 Å². The van der Waals surface area contributed by atoms with Crippen LogP contribution >= 0.6 is 11.6 Å². The number of hydrogen-bond donors (Lipinski definition) is 0. The van der Waals surface area contributed by atoms with E-state index in [-0.39, 0.29) is 30.0 Å². The predicted octanol–water partition coefficient (Wildman–Crippen LogP) is 1.11. The maximum Gasteiger partial charge on any atom is 0.321 e. The first-order valence-electron chi connectivity index (χ1n) is 4.37. The van der Waals surface area contributed by atoms with Gasteiger partial charge in [-0.05, 0) is 0 Å². The van der Waals surface area contributed by atoms with Gasteiger partial charge in [-0.2, -0.15) is 0 Å². The quantitative estimate of drug-likeness (QED) is 0.528. The molecule has 0 aliphatic carbocycles. The summed E-state index contributed by atoms with van der Waals surface area (Å²) in [6, 6.07) is 0. The third-order valence-electron chi connectivity index (χ3n) is 2.25. The van der Waals surface area contributed by atoms with Crippen molar-refractivity contribution in [3.8, 4) is 0 Å². The molecule has 1 heterocycles. The summed E-state index contributed by atoms with van der Waals surface area (Å²) in [6.07, 6.45) is -0.00187. The topological polar surface area (TPSA) is 52.6 Å². The number of halogens is 1. The Morgan fingerprint density at radius 3 is 2.79 bits per heavy atom. The van der Waals surface area contributed by atoms with Crippen molar-refractivity contribution in [2.45, 2.75) is 26.4 Å². The Balaban J connectivity index is 2.45. The lowest BCUT2D eigenvalue weighted by molar-refractivity contribution is -0.152. The molecule has 0 bridgehead atoms. The van der Waals surface area contributed by atoms with Crippen LogP contribution in [0.5, 0.6) is 0 Å². The minimum absolute atomic E-state index is 0.0876. The predicted molar refractivity (Wildman–Crippen MR) is 50.0 cm³/mol. The van der Waals surface area contributed by atoms with Crippen molar-refractivity contribution >= 4 is 23.5 Å². The maximum absolute atomic E-state index is 11.0. The van der Waals surface area contributed by atoms with E-state index in [0.717, 1.165) is 0 Å². The van der Waals surface area contributed by atoms with Crippen LogP contribution in [0.3, 0.4) is 0 Å². The van der Waals surface area contributed by atoms with Crippen LogP contribution in [0.2, 0.25) is 0 Å². The molecule has 0 aromatic rings. The number of carbonyl (C=O) groups is 2. The van der Waals surface area contributed by atoms with E-state index in [1.807, 2.05) is 13.8 Å². The van der Waals surface area contributed by atoms with Gasteiger partial charge in [-0.1, -0.05) is 13.8 Å². The first kappa shape index (κ1) is 11.3. The van der Waals surface area contributed by atoms with Gasteiger partial charge in [-0.15, -0.1) is 11.6 Å². The molecule has 0 radical (unpaired) electrons.